The Morgan fingerprint density at radius 2 is 2.11 bits per heavy atom. The summed E-state index contributed by atoms with van der Waals surface area (Å²) >= 11 is 1.10. The number of pyridine rings is 2. The van der Waals surface area contributed by atoms with Crippen molar-refractivity contribution in [3.05, 3.63) is 68.6 Å². The van der Waals surface area contributed by atoms with Gasteiger partial charge in [-0.25, -0.2) is 9.97 Å². The summed E-state index contributed by atoms with van der Waals surface area (Å²) in [5.74, 6) is -0.602. The van der Waals surface area contributed by atoms with Crippen LogP contribution in [0.5, 0.6) is 0 Å². The zero-order valence-electron chi connectivity index (χ0n) is 13.9. The summed E-state index contributed by atoms with van der Waals surface area (Å²) < 4.78 is 1.88. The number of hydrogen-bond donors (Lipinski definition) is 1. The van der Waals surface area contributed by atoms with Crippen molar-refractivity contribution in [1.29, 1.82) is 0 Å². The van der Waals surface area contributed by atoms with Gasteiger partial charge in [0.1, 0.15) is 11.2 Å². The molecule has 0 saturated carbocycles. The standard InChI is InChI=1S/C17H11N5O4S/c1-21-14-9(3-2-6-18-14)7-11(16(21)24)15(23)20-17-19-12-5-4-10(22(25)26)8-13(12)27-17/h2-8H,1H3,(H,19,20,23). The highest BCUT2D eigenvalue weighted by atomic mass is 32.1. The number of aromatic nitrogens is 3. The van der Waals surface area contributed by atoms with Crippen molar-refractivity contribution in [2.45, 2.75) is 0 Å². The summed E-state index contributed by atoms with van der Waals surface area (Å²) in [5.41, 5.74) is 0.432. The van der Waals surface area contributed by atoms with Crippen molar-refractivity contribution in [3.63, 3.8) is 0 Å². The number of non-ortho nitro benzene ring substituents is 1. The largest absolute Gasteiger partial charge is 0.298 e. The Balaban J connectivity index is 1.71. The number of anilines is 1. The van der Waals surface area contributed by atoms with Gasteiger partial charge in [-0.3, -0.25) is 29.6 Å². The molecule has 1 N–H and O–H groups in total. The minimum Gasteiger partial charge on any atom is -0.298 e. The van der Waals surface area contributed by atoms with E-state index in [1.54, 1.807) is 25.4 Å². The number of nitro groups is 1. The number of carbonyl (C=O) groups is 1. The molecule has 0 saturated heterocycles. The number of benzene rings is 1. The van der Waals surface area contributed by atoms with Crippen LogP contribution in [-0.2, 0) is 7.05 Å². The van der Waals surface area contributed by atoms with Crippen LogP contribution >= 0.6 is 11.3 Å². The van der Waals surface area contributed by atoms with Crippen molar-refractivity contribution in [2.75, 3.05) is 5.32 Å². The first kappa shape index (κ1) is 16.8. The SMILES string of the molecule is Cn1c(=O)c(C(=O)Nc2nc3ccc([N+](=O)[O-])cc3s2)cc2cccnc21. The average Bonchev–Trinajstić information content (AvgIpc) is 3.05. The van der Waals surface area contributed by atoms with Gasteiger partial charge in [0.25, 0.3) is 17.2 Å². The summed E-state index contributed by atoms with van der Waals surface area (Å²) in [4.78, 5) is 43.8. The summed E-state index contributed by atoms with van der Waals surface area (Å²) in [6.07, 6.45) is 1.57. The number of amides is 1. The lowest BCUT2D eigenvalue weighted by Gasteiger charge is -2.07. The molecule has 27 heavy (non-hydrogen) atoms. The molecule has 9 nitrogen and oxygen atoms in total. The van der Waals surface area contributed by atoms with Crippen molar-refractivity contribution in [2.24, 2.45) is 7.05 Å². The van der Waals surface area contributed by atoms with Gasteiger partial charge in [0.15, 0.2) is 5.13 Å². The maximum absolute atomic E-state index is 12.6. The molecule has 4 rings (SSSR count). The van der Waals surface area contributed by atoms with E-state index in [9.17, 15) is 19.7 Å². The number of hydrogen-bond acceptors (Lipinski definition) is 7. The number of nitro benzene ring substituents is 1. The average molecular weight is 381 g/mol. The molecule has 10 heteroatoms. The molecule has 0 aliphatic carbocycles. The number of nitrogens with one attached hydrogen (secondary N) is 1. The van der Waals surface area contributed by atoms with Gasteiger partial charge in [-0.1, -0.05) is 11.3 Å². The van der Waals surface area contributed by atoms with Gasteiger partial charge in [-0.05, 0) is 24.3 Å². The van der Waals surface area contributed by atoms with E-state index >= 15 is 0 Å². The van der Waals surface area contributed by atoms with Crippen molar-refractivity contribution in [1.82, 2.24) is 14.5 Å². The van der Waals surface area contributed by atoms with Crippen LogP contribution in [0.1, 0.15) is 10.4 Å². The van der Waals surface area contributed by atoms with Crippen LogP contribution in [0.4, 0.5) is 10.8 Å². The van der Waals surface area contributed by atoms with Gasteiger partial charge in [0.2, 0.25) is 0 Å². The van der Waals surface area contributed by atoms with Gasteiger partial charge < -0.3 is 0 Å². The number of rotatable bonds is 3. The van der Waals surface area contributed by atoms with Gasteiger partial charge in [-0.15, -0.1) is 0 Å². The highest BCUT2D eigenvalue weighted by molar-refractivity contribution is 7.22. The number of nitrogens with zero attached hydrogens (tertiary/aromatic N) is 4. The van der Waals surface area contributed by atoms with Crippen molar-refractivity contribution >= 4 is 49.3 Å². The van der Waals surface area contributed by atoms with Gasteiger partial charge in [0.05, 0.1) is 15.1 Å². The van der Waals surface area contributed by atoms with Crippen LogP contribution in [0.25, 0.3) is 21.3 Å². The molecule has 3 aromatic heterocycles. The molecule has 0 radical (unpaired) electrons. The van der Waals surface area contributed by atoms with Crippen LogP contribution in [0.15, 0.2) is 47.4 Å². The molecule has 0 aliphatic heterocycles. The Bertz CT molecular complexity index is 1290. The Morgan fingerprint density at radius 1 is 1.30 bits per heavy atom. The Labute approximate surface area is 155 Å². The summed E-state index contributed by atoms with van der Waals surface area (Å²) in [7, 11) is 1.55. The van der Waals surface area contributed by atoms with Crippen molar-refractivity contribution in [3.8, 4) is 0 Å². The van der Waals surface area contributed by atoms with E-state index in [0.717, 1.165) is 11.3 Å². The van der Waals surface area contributed by atoms with E-state index in [1.165, 1.54) is 28.8 Å². The van der Waals surface area contributed by atoms with Crippen LogP contribution in [0, 0.1) is 10.1 Å². The van der Waals surface area contributed by atoms with Crippen LogP contribution < -0.4 is 10.9 Å². The Hall–Kier alpha value is -3.66. The van der Waals surface area contributed by atoms with Gasteiger partial charge >= 0.3 is 0 Å². The third-order valence-electron chi connectivity index (χ3n) is 4.02. The maximum atomic E-state index is 12.6. The predicted molar refractivity (Wildman–Crippen MR) is 101 cm³/mol. The molecule has 0 fully saturated rings. The second-order valence-electron chi connectivity index (χ2n) is 5.72. The lowest BCUT2D eigenvalue weighted by molar-refractivity contribution is -0.384. The summed E-state index contributed by atoms with van der Waals surface area (Å²) in [6, 6.07) is 9.21. The van der Waals surface area contributed by atoms with Crippen LogP contribution in [-0.4, -0.2) is 25.4 Å². The van der Waals surface area contributed by atoms with E-state index in [4.69, 9.17) is 0 Å². The summed E-state index contributed by atoms with van der Waals surface area (Å²) in [6.45, 7) is 0. The second-order valence-corrected chi connectivity index (χ2v) is 6.75. The highest BCUT2D eigenvalue weighted by Gasteiger charge is 2.17. The fourth-order valence-corrected chi connectivity index (χ4v) is 3.60. The molecule has 134 valence electrons. The molecule has 0 atom stereocenters. The first-order valence-corrected chi connectivity index (χ1v) is 8.57. The second kappa shape index (κ2) is 6.25. The zero-order valence-corrected chi connectivity index (χ0v) is 14.7. The maximum Gasteiger partial charge on any atom is 0.270 e. The Kier molecular flexibility index (Phi) is 3.89. The minimum atomic E-state index is -0.602. The zero-order chi connectivity index (χ0) is 19.1. The quantitative estimate of drug-likeness (QED) is 0.430. The van der Waals surface area contributed by atoms with E-state index in [0.29, 0.717) is 21.3 Å². The lowest BCUT2D eigenvalue weighted by atomic mass is 10.2. The first-order chi connectivity index (χ1) is 12.9. The minimum absolute atomic E-state index is 0.0387. The third-order valence-corrected chi connectivity index (χ3v) is 4.95. The van der Waals surface area contributed by atoms with E-state index in [-0.39, 0.29) is 16.4 Å². The third kappa shape index (κ3) is 2.91. The van der Waals surface area contributed by atoms with Gasteiger partial charge in [0, 0.05) is 30.8 Å². The van der Waals surface area contributed by atoms with E-state index in [2.05, 4.69) is 15.3 Å². The molecular formula is C17H11N5O4S. The lowest BCUT2D eigenvalue weighted by Crippen LogP contribution is -2.28. The highest BCUT2D eigenvalue weighted by Crippen LogP contribution is 2.29. The fraction of sp³-hybridized carbons (Fsp3) is 0.0588. The fourth-order valence-electron chi connectivity index (χ4n) is 2.70. The molecule has 0 spiro atoms. The predicted octanol–water partition coefficient (Wildman–Crippen LogP) is 2.70. The van der Waals surface area contributed by atoms with Crippen molar-refractivity contribution < 1.29 is 9.72 Å². The number of fused-ring (bicyclic) bond motifs is 2. The molecular weight excluding hydrogens is 370 g/mol. The molecule has 3 heterocycles. The number of aryl methyl sites for hydroxylation is 1. The van der Waals surface area contributed by atoms with E-state index < -0.39 is 16.4 Å². The molecule has 1 aromatic carbocycles. The molecule has 0 bridgehead atoms. The molecule has 0 aliphatic rings. The normalized spacial score (nSPS) is 11.0. The topological polar surface area (TPSA) is 120 Å². The van der Waals surface area contributed by atoms with Gasteiger partial charge in [-0.2, -0.15) is 0 Å². The smallest absolute Gasteiger partial charge is 0.270 e. The van der Waals surface area contributed by atoms with Crippen LogP contribution in [0.3, 0.4) is 0 Å². The summed E-state index contributed by atoms with van der Waals surface area (Å²) in [5, 5.41) is 14.4. The molecule has 0 unspecified atom stereocenters. The number of thiazole rings is 1. The first-order valence-electron chi connectivity index (χ1n) is 7.75. The number of carbonyl (C=O) groups excluding carboxylic acids is 1. The molecule has 1 amide bonds. The molecule has 4 aromatic rings. The monoisotopic (exact) mass is 381 g/mol. The Morgan fingerprint density at radius 3 is 2.89 bits per heavy atom. The van der Waals surface area contributed by atoms with Crippen LogP contribution in [0.2, 0.25) is 0 Å². The van der Waals surface area contributed by atoms with E-state index in [1.807, 2.05) is 0 Å².